The molecule has 2 saturated carbocycles. The molecule has 0 spiro atoms. The zero-order chi connectivity index (χ0) is 29.2. The third-order valence-electron chi connectivity index (χ3n) is 10.5. The van der Waals surface area contributed by atoms with E-state index in [9.17, 15) is 24.6 Å². The molecule has 4 heterocycles. The van der Waals surface area contributed by atoms with Crippen molar-refractivity contribution in [2.24, 2.45) is 17.8 Å². The Morgan fingerprint density at radius 2 is 1.52 bits per heavy atom. The summed E-state index contributed by atoms with van der Waals surface area (Å²) in [5, 5.41) is 22.2. The van der Waals surface area contributed by atoms with Gasteiger partial charge in [-0.3, -0.25) is 24.2 Å². The second-order valence-corrected chi connectivity index (χ2v) is 13.0. The van der Waals surface area contributed by atoms with Gasteiger partial charge in [-0.25, -0.2) is 4.98 Å². The molecule has 228 valence electrons. The van der Waals surface area contributed by atoms with Crippen LogP contribution in [0.15, 0.2) is 29.1 Å². The number of nitrogens with one attached hydrogen (secondary N) is 1. The normalized spacial score (nSPS) is 29.7. The average Bonchev–Trinajstić information content (AvgIpc) is 3.16. The van der Waals surface area contributed by atoms with Crippen LogP contribution in [0.2, 0.25) is 0 Å². The number of carbonyl (C=O) groups is 2. The van der Waals surface area contributed by atoms with E-state index in [4.69, 9.17) is 4.98 Å². The molecular weight excluding hydrogens is 534 g/mol. The van der Waals surface area contributed by atoms with Crippen LogP contribution in [-0.2, 0) is 9.59 Å². The second-order valence-electron chi connectivity index (χ2n) is 13.0. The van der Waals surface area contributed by atoms with Gasteiger partial charge in [0.1, 0.15) is 0 Å². The maximum Gasteiger partial charge on any atom is 0.308 e. The molecule has 1 unspecified atom stereocenters. The highest BCUT2D eigenvalue weighted by atomic mass is 16.4. The van der Waals surface area contributed by atoms with Crippen LogP contribution >= 0.6 is 0 Å². The molecule has 2 bridgehead atoms. The number of hydrogen-bond donors (Lipinski definition) is 3. The Morgan fingerprint density at radius 1 is 0.857 bits per heavy atom. The maximum atomic E-state index is 14.1. The van der Waals surface area contributed by atoms with E-state index < -0.39 is 23.8 Å². The fourth-order valence-corrected chi connectivity index (χ4v) is 8.36. The number of aromatic nitrogens is 2. The summed E-state index contributed by atoms with van der Waals surface area (Å²) in [6, 6.07) is 9.22. The molecule has 5 fully saturated rings. The van der Waals surface area contributed by atoms with Gasteiger partial charge in [-0.15, -0.1) is 0 Å². The molecule has 0 radical (unpaired) electrons. The lowest BCUT2D eigenvalue weighted by Crippen LogP contribution is -2.52. The van der Waals surface area contributed by atoms with E-state index in [0.29, 0.717) is 36.9 Å². The Kier molecular flexibility index (Phi) is 8.81. The molecule has 3 saturated heterocycles. The van der Waals surface area contributed by atoms with E-state index in [1.165, 1.54) is 57.8 Å². The molecule has 2 aromatic rings. The summed E-state index contributed by atoms with van der Waals surface area (Å²) in [4.78, 5) is 46.6. The van der Waals surface area contributed by atoms with Gasteiger partial charge in [0.15, 0.2) is 5.82 Å². The van der Waals surface area contributed by atoms with Crippen molar-refractivity contribution in [3.63, 3.8) is 0 Å². The highest BCUT2D eigenvalue weighted by Crippen LogP contribution is 2.43. The van der Waals surface area contributed by atoms with Gasteiger partial charge in [0.05, 0.1) is 22.9 Å². The summed E-state index contributed by atoms with van der Waals surface area (Å²) in [5.41, 5.74) is 1.57. The van der Waals surface area contributed by atoms with Gasteiger partial charge in [0.2, 0.25) is 0 Å². The van der Waals surface area contributed by atoms with Gasteiger partial charge in [0, 0.05) is 50.8 Å². The lowest BCUT2D eigenvalue weighted by atomic mass is 9.85. The van der Waals surface area contributed by atoms with Crippen LogP contribution in [0.3, 0.4) is 0 Å². The van der Waals surface area contributed by atoms with Crippen molar-refractivity contribution in [3.05, 3.63) is 34.6 Å². The van der Waals surface area contributed by atoms with Crippen molar-refractivity contribution in [1.29, 1.82) is 0 Å². The zero-order valence-corrected chi connectivity index (χ0v) is 24.5. The molecule has 7 rings (SSSR count). The van der Waals surface area contributed by atoms with Crippen molar-refractivity contribution in [3.8, 4) is 0 Å². The first kappa shape index (κ1) is 29.1. The number of nitrogens with zero attached hydrogens (tertiary/aromatic N) is 4. The molecule has 10 nitrogen and oxygen atoms in total. The number of carboxylic acid groups (broad SMARTS) is 2. The SMILES string of the molecule is O=C(O)[C@@H]1CN(CCNc2nc3ccccc3n([C@H]3C[C@H]4CCCC3CN4C3CCCCCCC3)c2=O)C[C@H]1C(=O)O. The molecule has 42 heavy (non-hydrogen) atoms. The van der Waals surface area contributed by atoms with Crippen LogP contribution in [0.5, 0.6) is 0 Å². The quantitative estimate of drug-likeness (QED) is 0.424. The van der Waals surface area contributed by atoms with Crippen LogP contribution < -0.4 is 10.9 Å². The largest absolute Gasteiger partial charge is 0.481 e. The van der Waals surface area contributed by atoms with E-state index in [1.807, 2.05) is 33.7 Å². The van der Waals surface area contributed by atoms with Crippen LogP contribution in [0.1, 0.15) is 76.7 Å². The van der Waals surface area contributed by atoms with Crippen molar-refractivity contribution in [1.82, 2.24) is 19.4 Å². The van der Waals surface area contributed by atoms with Gasteiger partial charge >= 0.3 is 11.9 Å². The van der Waals surface area contributed by atoms with E-state index in [-0.39, 0.29) is 24.7 Å². The van der Waals surface area contributed by atoms with Crippen molar-refractivity contribution in [2.75, 3.05) is 38.0 Å². The summed E-state index contributed by atoms with van der Waals surface area (Å²) in [5.74, 6) is -3.27. The number of aliphatic carboxylic acids is 2. The molecule has 5 aliphatic rings. The van der Waals surface area contributed by atoms with Gasteiger partial charge in [0.25, 0.3) is 5.56 Å². The summed E-state index contributed by atoms with van der Waals surface area (Å²) >= 11 is 0. The van der Waals surface area contributed by atoms with E-state index in [0.717, 1.165) is 30.4 Å². The predicted molar refractivity (Wildman–Crippen MR) is 161 cm³/mol. The van der Waals surface area contributed by atoms with E-state index >= 15 is 0 Å². The van der Waals surface area contributed by atoms with Crippen molar-refractivity contribution < 1.29 is 19.8 Å². The van der Waals surface area contributed by atoms with E-state index in [2.05, 4.69) is 10.2 Å². The number of para-hydroxylation sites is 2. The molecule has 10 heteroatoms. The fourth-order valence-electron chi connectivity index (χ4n) is 8.36. The molecule has 1 aromatic carbocycles. The molecule has 2 aliphatic carbocycles. The van der Waals surface area contributed by atoms with Crippen molar-refractivity contribution >= 4 is 28.8 Å². The molecule has 3 N–H and O–H groups in total. The maximum absolute atomic E-state index is 14.1. The summed E-state index contributed by atoms with van der Waals surface area (Å²) < 4.78 is 2.03. The third kappa shape index (κ3) is 5.93. The van der Waals surface area contributed by atoms with Gasteiger partial charge in [-0.2, -0.15) is 0 Å². The summed E-state index contributed by atoms with van der Waals surface area (Å²) in [6.07, 6.45) is 13.9. The van der Waals surface area contributed by atoms with E-state index in [1.54, 1.807) is 0 Å². The first-order valence-corrected chi connectivity index (χ1v) is 16.1. The Hall–Kier alpha value is -2.98. The molecule has 0 amide bonds. The number of likely N-dealkylation sites (tertiary alicyclic amines) is 1. The van der Waals surface area contributed by atoms with Gasteiger partial charge in [-0.1, -0.05) is 50.7 Å². The second kappa shape index (κ2) is 12.7. The summed E-state index contributed by atoms with van der Waals surface area (Å²) in [6.45, 7) is 2.26. The molecule has 5 atom stereocenters. The first-order chi connectivity index (χ1) is 20.4. The van der Waals surface area contributed by atoms with Crippen LogP contribution in [-0.4, -0.2) is 86.3 Å². The highest BCUT2D eigenvalue weighted by Gasteiger charge is 2.43. The number of fused-ring (bicyclic) bond motifs is 5. The molecule has 1 aromatic heterocycles. The topological polar surface area (TPSA) is 128 Å². The molecular formula is C32H45N5O5. The standard InChI is InChI=1S/C32H45N5O5/c38-30-29(33-15-16-35-19-24(31(39)40)25(20-35)32(41)42)34-26-13-6-7-14-27(26)37(30)28-17-23-12-8-9-21(28)18-36(23)22-10-4-2-1-3-5-11-22/h6-7,13-14,21-25,28H,1-5,8-12,15-20H2,(H,33,34)(H,39,40)(H,41,42)/t21?,23-,24-,25-,28+/m1/s1. The number of rotatable bonds is 8. The zero-order valence-electron chi connectivity index (χ0n) is 24.5. The number of piperidine rings is 1. The lowest BCUT2D eigenvalue weighted by Gasteiger charge is -2.46. The smallest absolute Gasteiger partial charge is 0.308 e. The Balaban J connectivity index is 1.21. The average molecular weight is 580 g/mol. The fraction of sp³-hybridized carbons (Fsp3) is 0.688. The first-order valence-electron chi connectivity index (χ1n) is 16.1. The minimum absolute atomic E-state index is 0.1000. The molecule has 3 aliphatic heterocycles. The predicted octanol–water partition coefficient (Wildman–Crippen LogP) is 4.05. The van der Waals surface area contributed by atoms with Crippen LogP contribution in [0, 0.1) is 17.8 Å². The van der Waals surface area contributed by atoms with Crippen LogP contribution in [0.4, 0.5) is 5.82 Å². The lowest BCUT2D eigenvalue weighted by molar-refractivity contribution is -0.151. The van der Waals surface area contributed by atoms with Crippen molar-refractivity contribution in [2.45, 2.75) is 88.8 Å². The van der Waals surface area contributed by atoms with Gasteiger partial charge in [-0.05, 0) is 50.2 Å². The highest BCUT2D eigenvalue weighted by molar-refractivity contribution is 5.81. The minimum atomic E-state index is -1.08. The Bertz CT molecular complexity index is 1320. The Morgan fingerprint density at radius 3 is 2.24 bits per heavy atom. The number of anilines is 1. The number of hydrogen-bond acceptors (Lipinski definition) is 7. The number of carboxylic acids is 2. The monoisotopic (exact) mass is 579 g/mol. The summed E-state index contributed by atoms with van der Waals surface area (Å²) in [7, 11) is 0. The third-order valence-corrected chi connectivity index (χ3v) is 10.5. The minimum Gasteiger partial charge on any atom is -0.481 e. The van der Waals surface area contributed by atoms with Gasteiger partial charge < -0.3 is 20.1 Å². The Labute approximate surface area is 247 Å². The number of benzene rings is 1. The van der Waals surface area contributed by atoms with Crippen LogP contribution in [0.25, 0.3) is 11.0 Å².